The molecule has 12 bridgehead atoms. The van der Waals surface area contributed by atoms with Gasteiger partial charge in [-0.3, -0.25) is 34.0 Å². The van der Waals surface area contributed by atoms with Gasteiger partial charge in [-0.15, -0.1) is 0 Å². The molecule has 9 aliphatic heterocycles. The SMILES string of the molecule is O=C(O)CCN1CC(c2nc3ccccc3n2C2C[C@H]3CCC[C@@H](C2)N3C2C[C@H]3CCCC[C@@H](C2)C3)C1.O=C(O)CCN1CC[C@H](c2nc3ccccc3n2C2C[C@H]3CCC[C@@H](C2)N3C2C[C@H]3CCCC[C@@H](C2)C3)C1.O=C(O)CN1CCCC[C@H]1c1nc2ccccc2n1C1C[C@H]2CCC[C@@H](C1)N2C1C[C@H]2CCCC[C@@H](C1)C2. The van der Waals surface area contributed by atoms with Crippen LogP contribution >= 0.6 is 0 Å². The number of likely N-dealkylation sites (tertiary alicyclic amines) is 3. The number of hydrogen-bond donors (Lipinski definition) is 3. The average molecular weight is 1540 g/mol. The van der Waals surface area contributed by atoms with E-state index in [-0.39, 0.29) is 25.4 Å². The number of aliphatic carboxylic acids is 3. The highest BCUT2D eigenvalue weighted by molar-refractivity contribution is 5.78. The Morgan fingerprint density at radius 2 is 0.646 bits per heavy atom. The fourth-order valence-corrected chi connectivity index (χ4v) is 28.4. The van der Waals surface area contributed by atoms with Crippen molar-refractivity contribution >= 4 is 51.0 Å². The number of imidazole rings is 3. The Kier molecular flexibility index (Phi) is 23.4. The third kappa shape index (κ3) is 16.5. The second kappa shape index (κ2) is 34.3. The second-order valence-electron chi connectivity index (χ2n) is 40.0. The molecule has 3 aromatic heterocycles. The number of benzene rings is 3. The molecular weight excluding hydrogens is 1410 g/mol. The first-order chi connectivity index (χ1) is 55.4. The van der Waals surface area contributed by atoms with E-state index in [4.69, 9.17) is 20.1 Å². The molecule has 6 aliphatic carbocycles. The number of aromatic nitrogens is 6. The predicted molar refractivity (Wildman–Crippen MR) is 446 cm³/mol. The molecule has 18 nitrogen and oxygen atoms in total. The van der Waals surface area contributed by atoms with Crippen LogP contribution in [0.2, 0.25) is 0 Å². The summed E-state index contributed by atoms with van der Waals surface area (Å²) < 4.78 is 7.92. The molecule has 3 N–H and O–H groups in total. The lowest BCUT2D eigenvalue weighted by Crippen LogP contribution is -2.58. The Balaban J connectivity index is 0.000000114. The van der Waals surface area contributed by atoms with Crippen LogP contribution in [-0.4, -0.2) is 198 Å². The zero-order chi connectivity index (χ0) is 76.2. The number of carboxylic acid groups (broad SMARTS) is 3. The molecular formula is C95H136N12O6. The molecule has 12 heterocycles. The highest BCUT2D eigenvalue weighted by Gasteiger charge is 2.51. The van der Waals surface area contributed by atoms with Crippen LogP contribution < -0.4 is 0 Å². The summed E-state index contributed by atoms with van der Waals surface area (Å²) >= 11 is 0. The van der Waals surface area contributed by atoms with E-state index in [9.17, 15) is 24.6 Å². The van der Waals surface area contributed by atoms with Crippen LogP contribution in [0.1, 0.15) is 323 Å². The molecule has 6 aromatic rings. The molecule has 9 saturated heterocycles. The van der Waals surface area contributed by atoms with Crippen molar-refractivity contribution in [3.63, 3.8) is 0 Å². The molecule has 21 rings (SSSR count). The number of carbonyl (C=O) groups is 3. The molecule has 20 atom stereocenters. The Morgan fingerprint density at radius 3 is 1.03 bits per heavy atom. The van der Waals surface area contributed by atoms with Gasteiger partial charge in [0.05, 0.1) is 58.5 Å². The maximum atomic E-state index is 11.7. The molecule has 6 saturated carbocycles. The molecule has 6 unspecified atom stereocenters. The molecule has 612 valence electrons. The van der Waals surface area contributed by atoms with Crippen molar-refractivity contribution in [2.75, 3.05) is 52.4 Å². The van der Waals surface area contributed by atoms with Crippen molar-refractivity contribution in [3.05, 3.63) is 90.3 Å². The highest BCUT2D eigenvalue weighted by atomic mass is 16.4. The number of nitrogens with zero attached hydrogens (tertiary/aromatic N) is 12. The van der Waals surface area contributed by atoms with Crippen LogP contribution in [0.3, 0.4) is 0 Å². The lowest BCUT2D eigenvalue weighted by Gasteiger charge is -2.55. The zero-order valence-corrected chi connectivity index (χ0v) is 68.3. The van der Waals surface area contributed by atoms with E-state index in [1.54, 1.807) is 0 Å². The predicted octanol–water partition coefficient (Wildman–Crippen LogP) is 18.6. The fraction of sp³-hybridized carbons (Fsp3) is 0.747. The van der Waals surface area contributed by atoms with E-state index < -0.39 is 17.9 Å². The first-order valence-corrected chi connectivity index (χ1v) is 46.9. The summed E-state index contributed by atoms with van der Waals surface area (Å²) in [6.45, 7) is 6.06. The van der Waals surface area contributed by atoms with Gasteiger partial charge in [0, 0.05) is 117 Å². The first kappa shape index (κ1) is 77.2. The normalized spacial score (nSPS) is 36.1. The van der Waals surface area contributed by atoms with E-state index in [0.29, 0.717) is 55.1 Å². The number of rotatable bonds is 17. The van der Waals surface area contributed by atoms with Gasteiger partial charge in [0.1, 0.15) is 17.5 Å². The molecule has 15 aliphatic rings. The van der Waals surface area contributed by atoms with Crippen molar-refractivity contribution in [3.8, 4) is 0 Å². The maximum absolute atomic E-state index is 11.7. The van der Waals surface area contributed by atoms with Gasteiger partial charge in [0.25, 0.3) is 0 Å². The number of fused-ring (bicyclic) bond motifs is 15. The minimum atomic E-state index is -0.726. The molecule has 0 amide bonds. The lowest BCUT2D eigenvalue weighted by molar-refractivity contribution is -0.140. The van der Waals surface area contributed by atoms with Crippen LogP contribution in [0, 0.1) is 35.5 Å². The summed E-state index contributed by atoms with van der Waals surface area (Å²) in [5.74, 6) is 8.21. The van der Waals surface area contributed by atoms with Gasteiger partial charge in [-0.1, -0.05) is 139 Å². The third-order valence-corrected chi connectivity index (χ3v) is 32.8. The largest absolute Gasteiger partial charge is 0.481 e. The summed E-state index contributed by atoms with van der Waals surface area (Å²) in [6.07, 6.45) is 55.5. The minimum Gasteiger partial charge on any atom is -0.481 e. The number of piperidine rings is 7. The van der Waals surface area contributed by atoms with E-state index >= 15 is 0 Å². The van der Waals surface area contributed by atoms with Crippen molar-refractivity contribution < 1.29 is 29.7 Å². The van der Waals surface area contributed by atoms with Gasteiger partial charge in [0.2, 0.25) is 0 Å². The maximum Gasteiger partial charge on any atom is 0.317 e. The van der Waals surface area contributed by atoms with Crippen LogP contribution in [0.25, 0.3) is 33.1 Å². The summed E-state index contributed by atoms with van der Waals surface area (Å²) in [5.41, 5.74) is 7.21. The second-order valence-corrected chi connectivity index (χ2v) is 40.0. The summed E-state index contributed by atoms with van der Waals surface area (Å²) in [5, 5.41) is 27.9. The molecule has 113 heavy (non-hydrogen) atoms. The van der Waals surface area contributed by atoms with Gasteiger partial charge in [-0.25, -0.2) is 15.0 Å². The topological polar surface area (TPSA) is 185 Å². The van der Waals surface area contributed by atoms with Crippen LogP contribution in [0.5, 0.6) is 0 Å². The number of carboxylic acids is 3. The van der Waals surface area contributed by atoms with Gasteiger partial charge in [-0.2, -0.15) is 0 Å². The van der Waals surface area contributed by atoms with Gasteiger partial charge < -0.3 is 38.8 Å². The Bertz CT molecular complexity index is 4170. The summed E-state index contributed by atoms with van der Waals surface area (Å²) in [6, 6.07) is 34.5. The third-order valence-electron chi connectivity index (χ3n) is 32.8. The monoisotopic (exact) mass is 1540 g/mol. The van der Waals surface area contributed by atoms with Gasteiger partial charge in [-0.05, 0) is 239 Å². The standard InChI is InChI=1S/2C32H46N4O2.C31H44N4O2/c37-31(38)21-34-15-6-5-14-30(34)32-33-28-12-3-4-13-29(28)36(32)27-19-24-10-7-11-25(20-27)35(24)26-17-22-8-1-2-9-23(16-22)18-26;37-31(38)13-15-34-14-12-24(21-34)32-33-29-10-3-4-11-30(29)36(32)28-19-25-8-5-9-26(20-28)35(25)27-17-22-6-1-2-7-23(16-22)18-27;36-30(37)12-13-33-19-23(20-33)31-32-28-10-3-4-11-29(28)35(31)27-17-24-8-5-9-25(18-27)34(24)26-15-21-6-1-2-7-22(14-21)16-26/h3-4,12-13,22-27,30H,1-2,5-11,14-21H2,(H,37,38);3-4,10-11,22-28H,1-2,5-9,12-21H2,(H,37,38);3-4,10-11,21-27H,1-2,5-9,12-20H2,(H,36,37)/t22-,23+,24-,25+,26?,27?,30-;22-,23+,24-,25-,26+,27?,28?;21-,22+,24-,25+,26?,27?/m00./s1. The number of para-hydroxylation sites is 6. The van der Waals surface area contributed by atoms with E-state index in [1.807, 2.05) is 0 Å². The summed E-state index contributed by atoms with van der Waals surface area (Å²) in [4.78, 5) is 65.6. The van der Waals surface area contributed by atoms with Gasteiger partial charge >= 0.3 is 17.9 Å². The highest BCUT2D eigenvalue weighted by Crippen LogP contribution is 2.53. The quantitative estimate of drug-likeness (QED) is 0.0783. The molecule has 0 radical (unpaired) electrons. The lowest BCUT2D eigenvalue weighted by atomic mass is 9.73. The van der Waals surface area contributed by atoms with Crippen molar-refractivity contribution in [1.29, 1.82) is 0 Å². The molecule has 15 fully saturated rings. The van der Waals surface area contributed by atoms with E-state index in [1.165, 1.54) is 259 Å². The molecule has 3 aromatic carbocycles. The van der Waals surface area contributed by atoms with Crippen molar-refractivity contribution in [2.45, 2.75) is 360 Å². The van der Waals surface area contributed by atoms with Gasteiger partial charge in [0.15, 0.2) is 0 Å². The molecule has 0 spiro atoms. The van der Waals surface area contributed by atoms with E-state index in [2.05, 4.69) is 116 Å². The smallest absolute Gasteiger partial charge is 0.317 e. The minimum absolute atomic E-state index is 0.103. The van der Waals surface area contributed by atoms with Crippen molar-refractivity contribution in [1.82, 2.24) is 58.1 Å². The van der Waals surface area contributed by atoms with Crippen LogP contribution in [0.15, 0.2) is 72.8 Å². The Morgan fingerprint density at radius 1 is 0.310 bits per heavy atom. The Labute approximate surface area is 673 Å². The summed E-state index contributed by atoms with van der Waals surface area (Å²) in [7, 11) is 0. The van der Waals surface area contributed by atoms with Crippen LogP contribution in [0.4, 0.5) is 0 Å². The van der Waals surface area contributed by atoms with Crippen LogP contribution in [-0.2, 0) is 14.4 Å². The van der Waals surface area contributed by atoms with Crippen molar-refractivity contribution in [2.24, 2.45) is 35.5 Å². The average Bonchev–Trinajstić information content (AvgIpc) is 1.69. The number of hydrogen-bond acceptors (Lipinski definition) is 12. The first-order valence-electron chi connectivity index (χ1n) is 46.9. The fourth-order valence-electron chi connectivity index (χ4n) is 28.4. The molecule has 18 heteroatoms. The zero-order valence-electron chi connectivity index (χ0n) is 68.3. The Hall–Kier alpha value is -5.76. The van der Waals surface area contributed by atoms with E-state index in [0.717, 1.165) is 159 Å².